The molecular formula is C18H15Cl3N2O2. The Morgan fingerprint density at radius 3 is 2.52 bits per heavy atom. The molecule has 3 rings (SSSR count). The van der Waals surface area contributed by atoms with E-state index in [0.29, 0.717) is 27.3 Å². The second-order valence-corrected chi connectivity index (χ2v) is 7.15. The van der Waals surface area contributed by atoms with Gasteiger partial charge in [0.1, 0.15) is 0 Å². The van der Waals surface area contributed by atoms with E-state index in [1.54, 1.807) is 4.90 Å². The third-order valence-electron chi connectivity index (χ3n) is 4.17. The van der Waals surface area contributed by atoms with Gasteiger partial charge in [0.05, 0.1) is 26.7 Å². The molecule has 4 nitrogen and oxygen atoms in total. The van der Waals surface area contributed by atoms with Gasteiger partial charge in [0.15, 0.2) is 0 Å². The number of nitrogens with zero attached hydrogens (tertiary/aromatic N) is 1. The van der Waals surface area contributed by atoms with E-state index >= 15 is 0 Å². The summed E-state index contributed by atoms with van der Waals surface area (Å²) in [6.45, 7) is 2.26. The van der Waals surface area contributed by atoms with Crippen LogP contribution >= 0.6 is 34.8 Å². The third kappa shape index (κ3) is 3.76. The van der Waals surface area contributed by atoms with E-state index in [9.17, 15) is 9.59 Å². The first-order valence-electron chi connectivity index (χ1n) is 7.68. The molecule has 1 heterocycles. The maximum absolute atomic E-state index is 12.5. The summed E-state index contributed by atoms with van der Waals surface area (Å²) in [5, 5.41) is 3.64. The quantitative estimate of drug-likeness (QED) is 0.745. The van der Waals surface area contributed by atoms with Crippen molar-refractivity contribution < 1.29 is 9.59 Å². The molecule has 2 aromatic carbocycles. The molecule has 2 aromatic rings. The Morgan fingerprint density at radius 2 is 1.80 bits per heavy atom. The van der Waals surface area contributed by atoms with Gasteiger partial charge in [0.25, 0.3) is 0 Å². The number of hydrogen-bond donors (Lipinski definition) is 1. The highest BCUT2D eigenvalue weighted by Gasteiger charge is 2.35. The van der Waals surface area contributed by atoms with Crippen LogP contribution in [0.4, 0.5) is 11.4 Å². The molecule has 0 saturated carbocycles. The van der Waals surface area contributed by atoms with Crippen molar-refractivity contribution in [1.29, 1.82) is 0 Å². The largest absolute Gasteiger partial charge is 0.324 e. The average Bonchev–Trinajstić information content (AvgIpc) is 2.95. The summed E-state index contributed by atoms with van der Waals surface area (Å²) in [7, 11) is 0. The molecule has 0 spiro atoms. The number of amides is 2. The minimum atomic E-state index is -0.461. The summed E-state index contributed by atoms with van der Waals surface area (Å²) in [6, 6.07) is 10.6. The number of anilines is 2. The van der Waals surface area contributed by atoms with E-state index in [0.717, 1.165) is 11.3 Å². The first-order chi connectivity index (χ1) is 11.9. The smallest absolute Gasteiger partial charge is 0.229 e. The fourth-order valence-electron chi connectivity index (χ4n) is 2.84. The monoisotopic (exact) mass is 396 g/mol. The minimum absolute atomic E-state index is 0.0744. The van der Waals surface area contributed by atoms with Crippen molar-refractivity contribution in [3.05, 3.63) is 57.0 Å². The van der Waals surface area contributed by atoms with Crippen molar-refractivity contribution in [3.63, 3.8) is 0 Å². The fourth-order valence-corrected chi connectivity index (χ4v) is 3.43. The number of para-hydroxylation sites is 1. The Kier molecular flexibility index (Phi) is 5.23. The van der Waals surface area contributed by atoms with Crippen LogP contribution in [0.25, 0.3) is 0 Å². The number of carbonyl (C=O) groups is 2. The van der Waals surface area contributed by atoms with Crippen LogP contribution in [0.15, 0.2) is 36.4 Å². The summed E-state index contributed by atoms with van der Waals surface area (Å²) in [5.41, 5.74) is 2.20. The molecule has 1 atom stereocenters. The van der Waals surface area contributed by atoms with Gasteiger partial charge in [-0.25, -0.2) is 0 Å². The zero-order valence-electron chi connectivity index (χ0n) is 13.4. The summed E-state index contributed by atoms with van der Waals surface area (Å²) in [4.78, 5) is 26.5. The first kappa shape index (κ1) is 18.1. The minimum Gasteiger partial charge on any atom is -0.324 e. The normalized spacial score (nSPS) is 17.0. The second-order valence-electron chi connectivity index (χ2n) is 5.93. The number of benzene rings is 2. The van der Waals surface area contributed by atoms with Crippen molar-refractivity contribution in [2.45, 2.75) is 13.3 Å². The Hall–Kier alpha value is -1.75. The van der Waals surface area contributed by atoms with Gasteiger partial charge in [-0.1, -0.05) is 53.0 Å². The number of halogens is 3. The van der Waals surface area contributed by atoms with Gasteiger partial charge in [0.2, 0.25) is 11.8 Å². The van der Waals surface area contributed by atoms with Crippen molar-refractivity contribution in [2.24, 2.45) is 5.92 Å². The Bertz CT molecular complexity index is 854. The van der Waals surface area contributed by atoms with Crippen LogP contribution in [0, 0.1) is 12.8 Å². The van der Waals surface area contributed by atoms with Gasteiger partial charge in [-0.05, 0) is 30.7 Å². The maximum atomic E-state index is 12.5. The molecule has 1 aliphatic rings. The molecule has 0 bridgehead atoms. The Labute approximate surface area is 160 Å². The fraction of sp³-hybridized carbons (Fsp3) is 0.222. The van der Waals surface area contributed by atoms with Gasteiger partial charge in [-0.2, -0.15) is 0 Å². The molecule has 0 radical (unpaired) electrons. The van der Waals surface area contributed by atoms with Crippen LogP contribution in [0.1, 0.15) is 12.0 Å². The van der Waals surface area contributed by atoms with Crippen LogP contribution in [0.5, 0.6) is 0 Å². The van der Waals surface area contributed by atoms with Crippen LogP contribution < -0.4 is 10.2 Å². The average molecular weight is 398 g/mol. The van der Waals surface area contributed by atoms with Crippen molar-refractivity contribution >= 4 is 58.0 Å². The van der Waals surface area contributed by atoms with E-state index in [1.165, 1.54) is 12.1 Å². The van der Waals surface area contributed by atoms with Crippen molar-refractivity contribution in [3.8, 4) is 0 Å². The van der Waals surface area contributed by atoms with E-state index in [2.05, 4.69) is 5.32 Å². The van der Waals surface area contributed by atoms with Gasteiger partial charge in [-0.15, -0.1) is 0 Å². The highest BCUT2D eigenvalue weighted by molar-refractivity contribution is 6.44. The molecule has 0 aliphatic carbocycles. The lowest BCUT2D eigenvalue weighted by Gasteiger charge is -2.19. The molecule has 25 heavy (non-hydrogen) atoms. The van der Waals surface area contributed by atoms with Crippen molar-refractivity contribution in [1.82, 2.24) is 0 Å². The zero-order valence-corrected chi connectivity index (χ0v) is 15.6. The van der Waals surface area contributed by atoms with Crippen LogP contribution in [-0.4, -0.2) is 18.4 Å². The number of rotatable bonds is 3. The summed E-state index contributed by atoms with van der Waals surface area (Å²) < 4.78 is 0. The maximum Gasteiger partial charge on any atom is 0.229 e. The molecule has 7 heteroatoms. The lowest BCUT2D eigenvalue weighted by molar-refractivity contribution is -0.122. The molecule has 2 amide bonds. The third-order valence-corrected chi connectivity index (χ3v) is 5.20. The summed E-state index contributed by atoms with van der Waals surface area (Å²) in [6.07, 6.45) is 0.152. The summed E-state index contributed by atoms with van der Waals surface area (Å²) >= 11 is 17.9. The van der Waals surface area contributed by atoms with Gasteiger partial charge in [0, 0.05) is 18.7 Å². The zero-order chi connectivity index (χ0) is 18.1. The van der Waals surface area contributed by atoms with Gasteiger partial charge >= 0.3 is 0 Å². The predicted octanol–water partition coefficient (Wildman–Crippen LogP) is 4.95. The van der Waals surface area contributed by atoms with Gasteiger partial charge in [-0.3, -0.25) is 9.59 Å². The van der Waals surface area contributed by atoms with Gasteiger partial charge < -0.3 is 10.2 Å². The molecule has 130 valence electrons. The first-order valence-corrected chi connectivity index (χ1v) is 8.81. The predicted molar refractivity (Wildman–Crippen MR) is 102 cm³/mol. The molecular weight excluding hydrogens is 383 g/mol. The number of aryl methyl sites for hydroxylation is 1. The SMILES string of the molecule is Cc1ccccc1N1C[C@H](C(=O)Nc2cc(Cl)c(Cl)cc2Cl)CC1=O. The van der Waals surface area contributed by atoms with E-state index in [1.807, 2.05) is 31.2 Å². The van der Waals surface area contributed by atoms with E-state index < -0.39 is 5.92 Å². The van der Waals surface area contributed by atoms with Crippen LogP contribution in [0.2, 0.25) is 15.1 Å². The Morgan fingerprint density at radius 1 is 1.12 bits per heavy atom. The summed E-state index contributed by atoms with van der Waals surface area (Å²) in [5.74, 6) is -0.808. The number of hydrogen-bond acceptors (Lipinski definition) is 2. The number of nitrogens with one attached hydrogen (secondary N) is 1. The van der Waals surface area contributed by atoms with Crippen LogP contribution in [0.3, 0.4) is 0 Å². The van der Waals surface area contributed by atoms with E-state index in [-0.39, 0.29) is 18.2 Å². The molecule has 0 unspecified atom stereocenters. The highest BCUT2D eigenvalue weighted by atomic mass is 35.5. The lowest BCUT2D eigenvalue weighted by atomic mass is 10.1. The Balaban J connectivity index is 1.75. The van der Waals surface area contributed by atoms with Crippen LogP contribution in [-0.2, 0) is 9.59 Å². The number of carbonyl (C=O) groups excluding carboxylic acids is 2. The highest BCUT2D eigenvalue weighted by Crippen LogP contribution is 2.33. The molecule has 1 N–H and O–H groups in total. The molecule has 1 fully saturated rings. The van der Waals surface area contributed by atoms with E-state index in [4.69, 9.17) is 34.8 Å². The second kappa shape index (κ2) is 7.24. The van der Waals surface area contributed by atoms with Crippen molar-refractivity contribution in [2.75, 3.05) is 16.8 Å². The lowest BCUT2D eigenvalue weighted by Crippen LogP contribution is -2.28. The molecule has 0 aromatic heterocycles. The molecule has 1 aliphatic heterocycles. The molecule has 1 saturated heterocycles. The standard InChI is InChI=1S/C18H15Cl3N2O2/c1-10-4-2-3-5-16(10)23-9-11(6-17(23)24)18(25)22-15-8-13(20)12(19)7-14(15)21/h2-5,7-8,11H,6,9H2,1H3,(H,22,25)/t11-/m1/s1. The topological polar surface area (TPSA) is 49.4 Å².